The van der Waals surface area contributed by atoms with Crippen LogP contribution in [0, 0.1) is 6.92 Å². The van der Waals surface area contributed by atoms with Crippen molar-refractivity contribution in [3.05, 3.63) is 29.3 Å². The molecule has 0 aliphatic heterocycles. The van der Waals surface area contributed by atoms with Gasteiger partial charge < -0.3 is 15.3 Å². The van der Waals surface area contributed by atoms with Crippen molar-refractivity contribution in [1.29, 1.82) is 0 Å². The van der Waals surface area contributed by atoms with E-state index in [4.69, 9.17) is 5.11 Å². The van der Waals surface area contributed by atoms with Gasteiger partial charge in [-0.3, -0.25) is 0 Å². The molecule has 1 unspecified atom stereocenters. The van der Waals surface area contributed by atoms with Gasteiger partial charge in [0.15, 0.2) is 6.10 Å². The van der Waals surface area contributed by atoms with E-state index in [1.54, 1.807) is 6.92 Å². The molecular formula is C9H10O4. The molecule has 0 amide bonds. The van der Waals surface area contributed by atoms with E-state index in [9.17, 15) is 15.0 Å². The Morgan fingerprint density at radius 1 is 1.46 bits per heavy atom. The van der Waals surface area contributed by atoms with Crippen LogP contribution in [0.5, 0.6) is 5.75 Å². The molecule has 13 heavy (non-hydrogen) atoms. The first-order valence-corrected chi connectivity index (χ1v) is 3.73. The molecule has 0 radical (unpaired) electrons. The van der Waals surface area contributed by atoms with Gasteiger partial charge in [-0.15, -0.1) is 0 Å². The SMILES string of the molecule is Cc1c(O)cccc1C(O)C(=O)O. The fourth-order valence-electron chi connectivity index (χ4n) is 1.07. The molecule has 1 aromatic carbocycles. The quantitative estimate of drug-likeness (QED) is 0.632. The average molecular weight is 182 g/mol. The zero-order valence-corrected chi connectivity index (χ0v) is 7.06. The van der Waals surface area contributed by atoms with Crippen molar-refractivity contribution in [2.24, 2.45) is 0 Å². The molecule has 0 bridgehead atoms. The molecule has 3 N–H and O–H groups in total. The van der Waals surface area contributed by atoms with Crippen LogP contribution >= 0.6 is 0 Å². The number of hydrogen-bond acceptors (Lipinski definition) is 3. The van der Waals surface area contributed by atoms with Crippen LogP contribution in [0.25, 0.3) is 0 Å². The normalized spacial score (nSPS) is 12.5. The van der Waals surface area contributed by atoms with Crippen LogP contribution in [0.4, 0.5) is 0 Å². The minimum atomic E-state index is -1.58. The highest BCUT2D eigenvalue weighted by molar-refractivity contribution is 5.74. The first kappa shape index (κ1) is 9.54. The fraction of sp³-hybridized carbons (Fsp3) is 0.222. The molecule has 0 aliphatic rings. The first-order valence-electron chi connectivity index (χ1n) is 3.73. The Hall–Kier alpha value is -1.55. The zero-order valence-electron chi connectivity index (χ0n) is 7.06. The topological polar surface area (TPSA) is 77.8 Å². The van der Waals surface area contributed by atoms with Crippen LogP contribution in [0.15, 0.2) is 18.2 Å². The summed E-state index contributed by atoms with van der Waals surface area (Å²) in [5.74, 6) is -1.34. The third-order valence-electron chi connectivity index (χ3n) is 1.88. The smallest absolute Gasteiger partial charge is 0.337 e. The van der Waals surface area contributed by atoms with Gasteiger partial charge in [-0.25, -0.2) is 4.79 Å². The number of aromatic hydroxyl groups is 1. The van der Waals surface area contributed by atoms with Crippen molar-refractivity contribution in [3.63, 3.8) is 0 Å². The third-order valence-corrected chi connectivity index (χ3v) is 1.88. The molecule has 0 saturated carbocycles. The molecule has 4 heteroatoms. The van der Waals surface area contributed by atoms with Crippen LogP contribution < -0.4 is 0 Å². The van der Waals surface area contributed by atoms with Crippen LogP contribution in [0.3, 0.4) is 0 Å². The molecule has 0 fully saturated rings. The van der Waals surface area contributed by atoms with Gasteiger partial charge in [-0.05, 0) is 24.1 Å². The summed E-state index contributed by atoms with van der Waals surface area (Å²) in [7, 11) is 0. The highest BCUT2D eigenvalue weighted by Gasteiger charge is 2.18. The number of aliphatic hydroxyl groups excluding tert-OH is 1. The van der Waals surface area contributed by atoms with Crippen molar-refractivity contribution >= 4 is 5.97 Å². The van der Waals surface area contributed by atoms with Crippen LogP contribution in [0.1, 0.15) is 17.2 Å². The summed E-state index contributed by atoms with van der Waals surface area (Å²) in [6.45, 7) is 1.55. The van der Waals surface area contributed by atoms with E-state index >= 15 is 0 Å². The minimum absolute atomic E-state index is 0.0159. The van der Waals surface area contributed by atoms with E-state index in [1.807, 2.05) is 0 Å². The molecule has 0 aromatic heterocycles. The summed E-state index contributed by atoms with van der Waals surface area (Å²) in [4.78, 5) is 10.4. The predicted octanol–water partition coefficient (Wildman–Crippen LogP) is 0.819. The summed E-state index contributed by atoms with van der Waals surface area (Å²) in [6.07, 6.45) is -1.58. The van der Waals surface area contributed by atoms with Gasteiger partial charge in [0.1, 0.15) is 5.75 Å². The van der Waals surface area contributed by atoms with E-state index in [0.717, 1.165) is 0 Å². The lowest BCUT2D eigenvalue weighted by Crippen LogP contribution is -2.11. The Kier molecular flexibility index (Phi) is 2.53. The van der Waals surface area contributed by atoms with Crippen LogP contribution in [0.2, 0.25) is 0 Å². The number of phenols is 1. The second-order valence-electron chi connectivity index (χ2n) is 2.73. The summed E-state index contributed by atoms with van der Waals surface area (Å²) in [5, 5.41) is 26.9. The third kappa shape index (κ3) is 1.78. The van der Waals surface area contributed by atoms with Crippen molar-refractivity contribution in [1.82, 2.24) is 0 Å². The average Bonchev–Trinajstić information content (AvgIpc) is 2.08. The summed E-state index contributed by atoms with van der Waals surface area (Å²) in [5.41, 5.74) is 0.602. The van der Waals surface area contributed by atoms with Gasteiger partial charge >= 0.3 is 5.97 Å². The van der Waals surface area contributed by atoms with Gasteiger partial charge in [0.2, 0.25) is 0 Å². The molecule has 0 heterocycles. The highest BCUT2D eigenvalue weighted by atomic mass is 16.4. The summed E-state index contributed by atoms with van der Waals surface area (Å²) >= 11 is 0. The number of carboxylic acids is 1. The lowest BCUT2D eigenvalue weighted by Gasteiger charge is -2.09. The van der Waals surface area contributed by atoms with E-state index in [1.165, 1.54) is 18.2 Å². The largest absolute Gasteiger partial charge is 0.508 e. The van der Waals surface area contributed by atoms with E-state index < -0.39 is 12.1 Å². The molecule has 0 spiro atoms. The molecule has 1 rings (SSSR count). The number of phenolic OH excluding ortho intramolecular Hbond substituents is 1. The predicted molar refractivity (Wildman–Crippen MR) is 45.4 cm³/mol. The number of carboxylic acid groups (broad SMARTS) is 1. The van der Waals surface area contributed by atoms with Crippen molar-refractivity contribution in [3.8, 4) is 5.75 Å². The number of rotatable bonds is 2. The number of hydrogen-bond donors (Lipinski definition) is 3. The van der Waals surface area contributed by atoms with Crippen molar-refractivity contribution in [2.45, 2.75) is 13.0 Å². The summed E-state index contributed by atoms with van der Waals surface area (Å²) < 4.78 is 0. The Labute approximate surface area is 75.1 Å². The Bertz CT molecular complexity index is 332. The monoisotopic (exact) mass is 182 g/mol. The van der Waals surface area contributed by atoms with Crippen LogP contribution in [-0.4, -0.2) is 21.3 Å². The number of aliphatic carboxylic acids is 1. The summed E-state index contributed by atoms with van der Waals surface area (Å²) in [6, 6.07) is 4.39. The van der Waals surface area contributed by atoms with E-state index in [0.29, 0.717) is 5.56 Å². The van der Waals surface area contributed by atoms with Gasteiger partial charge in [0.25, 0.3) is 0 Å². The first-order chi connectivity index (χ1) is 6.04. The van der Waals surface area contributed by atoms with Gasteiger partial charge in [-0.1, -0.05) is 12.1 Å². The second kappa shape index (κ2) is 3.45. The van der Waals surface area contributed by atoms with E-state index in [2.05, 4.69) is 0 Å². The van der Waals surface area contributed by atoms with Gasteiger partial charge in [0.05, 0.1) is 0 Å². The molecule has 0 saturated heterocycles. The zero-order chi connectivity index (χ0) is 10.0. The molecular weight excluding hydrogens is 172 g/mol. The van der Waals surface area contributed by atoms with Gasteiger partial charge in [-0.2, -0.15) is 0 Å². The van der Waals surface area contributed by atoms with Crippen molar-refractivity contribution < 1.29 is 20.1 Å². The maximum absolute atomic E-state index is 10.4. The molecule has 1 atom stereocenters. The lowest BCUT2D eigenvalue weighted by atomic mass is 10.0. The Morgan fingerprint density at radius 2 is 2.08 bits per heavy atom. The Morgan fingerprint density at radius 3 is 2.62 bits per heavy atom. The number of benzene rings is 1. The number of aliphatic hydroxyl groups is 1. The van der Waals surface area contributed by atoms with E-state index in [-0.39, 0.29) is 11.3 Å². The van der Waals surface area contributed by atoms with Gasteiger partial charge in [0, 0.05) is 0 Å². The standard InChI is InChI=1S/C9H10O4/c1-5-6(8(11)9(12)13)3-2-4-7(5)10/h2-4,8,10-11H,1H3,(H,12,13). The second-order valence-corrected chi connectivity index (χ2v) is 2.73. The molecule has 4 nitrogen and oxygen atoms in total. The maximum atomic E-state index is 10.4. The molecule has 70 valence electrons. The molecule has 0 aliphatic carbocycles. The van der Waals surface area contributed by atoms with Crippen LogP contribution in [-0.2, 0) is 4.79 Å². The maximum Gasteiger partial charge on any atom is 0.337 e. The Balaban J connectivity index is 3.15. The fourth-order valence-corrected chi connectivity index (χ4v) is 1.07. The minimum Gasteiger partial charge on any atom is -0.508 e. The highest BCUT2D eigenvalue weighted by Crippen LogP contribution is 2.24. The molecule has 1 aromatic rings. The lowest BCUT2D eigenvalue weighted by molar-refractivity contribution is -0.147. The number of carbonyl (C=O) groups is 1. The van der Waals surface area contributed by atoms with Crippen molar-refractivity contribution in [2.75, 3.05) is 0 Å².